The van der Waals surface area contributed by atoms with Gasteiger partial charge in [-0.05, 0) is 31.7 Å². The normalized spacial score (nSPS) is 15.4. The Balaban J connectivity index is 2.50. The summed E-state index contributed by atoms with van der Waals surface area (Å²) in [6, 6.07) is 5.89. The smallest absolute Gasteiger partial charge is 0.150 e. The molecule has 0 saturated carbocycles. The van der Waals surface area contributed by atoms with Crippen LogP contribution < -0.4 is 0 Å². The second-order valence-corrected chi connectivity index (χ2v) is 3.99. The van der Waals surface area contributed by atoms with E-state index < -0.39 is 0 Å². The van der Waals surface area contributed by atoms with E-state index in [1.807, 2.05) is 31.3 Å². The van der Waals surface area contributed by atoms with E-state index in [2.05, 4.69) is 11.1 Å². The Hall–Kier alpha value is -1.70. The Kier molecular flexibility index (Phi) is 3.30. The van der Waals surface area contributed by atoms with Gasteiger partial charge in [-0.25, -0.2) is 0 Å². The van der Waals surface area contributed by atoms with Crippen molar-refractivity contribution in [1.82, 2.24) is 0 Å². The maximum atomic E-state index is 11.1. The van der Waals surface area contributed by atoms with Crippen molar-refractivity contribution >= 4 is 18.2 Å². The standard InChI is InChI=1S/C14H15NO/c1-11-6-5-7-12(13(11)10-16)14-8-3-2-4-9-15-14/h5-10H,2-4H2,1H3. The molecule has 0 bridgehead atoms. The van der Waals surface area contributed by atoms with Crippen molar-refractivity contribution in [3.63, 3.8) is 0 Å². The molecule has 0 fully saturated rings. The van der Waals surface area contributed by atoms with Gasteiger partial charge in [0, 0.05) is 17.3 Å². The third kappa shape index (κ3) is 2.11. The lowest BCUT2D eigenvalue weighted by molar-refractivity contribution is 0.112. The molecule has 1 aromatic carbocycles. The number of nitrogens with zero attached hydrogens (tertiary/aromatic N) is 1. The lowest BCUT2D eigenvalue weighted by Gasteiger charge is -2.07. The lowest BCUT2D eigenvalue weighted by atomic mass is 10.00. The van der Waals surface area contributed by atoms with Crippen LogP contribution in [-0.4, -0.2) is 12.5 Å². The number of rotatable bonds is 2. The first kappa shape index (κ1) is 10.8. The molecule has 0 amide bonds. The predicted molar refractivity (Wildman–Crippen MR) is 66.9 cm³/mol. The maximum Gasteiger partial charge on any atom is 0.150 e. The van der Waals surface area contributed by atoms with E-state index in [4.69, 9.17) is 0 Å². The number of aryl methyl sites for hydroxylation is 1. The minimum absolute atomic E-state index is 0.757. The number of allylic oxidation sites excluding steroid dienone is 1. The fraction of sp³-hybridized carbons (Fsp3) is 0.286. The minimum Gasteiger partial charge on any atom is -0.298 e. The zero-order valence-electron chi connectivity index (χ0n) is 9.44. The molecular weight excluding hydrogens is 198 g/mol. The molecule has 0 radical (unpaired) electrons. The van der Waals surface area contributed by atoms with Gasteiger partial charge < -0.3 is 0 Å². The Morgan fingerprint density at radius 3 is 3.00 bits per heavy atom. The van der Waals surface area contributed by atoms with Crippen LogP contribution in [0.1, 0.15) is 40.7 Å². The summed E-state index contributed by atoms with van der Waals surface area (Å²) in [7, 11) is 0. The Morgan fingerprint density at radius 1 is 1.31 bits per heavy atom. The van der Waals surface area contributed by atoms with E-state index >= 15 is 0 Å². The van der Waals surface area contributed by atoms with Crippen molar-refractivity contribution in [2.45, 2.75) is 26.2 Å². The molecule has 0 unspecified atom stereocenters. The summed E-state index contributed by atoms with van der Waals surface area (Å²) in [6.07, 6.45) is 8.16. The summed E-state index contributed by atoms with van der Waals surface area (Å²) in [5.74, 6) is 0. The van der Waals surface area contributed by atoms with E-state index in [9.17, 15) is 4.79 Å². The predicted octanol–water partition coefficient (Wildman–Crippen LogP) is 3.40. The Labute approximate surface area is 95.7 Å². The van der Waals surface area contributed by atoms with Crippen molar-refractivity contribution in [1.29, 1.82) is 0 Å². The topological polar surface area (TPSA) is 29.4 Å². The van der Waals surface area contributed by atoms with Gasteiger partial charge in [0.05, 0.1) is 5.70 Å². The molecule has 0 aromatic heterocycles. The van der Waals surface area contributed by atoms with E-state index in [1.54, 1.807) is 0 Å². The van der Waals surface area contributed by atoms with Gasteiger partial charge in [0.1, 0.15) is 0 Å². The van der Waals surface area contributed by atoms with Crippen molar-refractivity contribution in [2.75, 3.05) is 0 Å². The van der Waals surface area contributed by atoms with Crippen LogP contribution >= 0.6 is 0 Å². The van der Waals surface area contributed by atoms with Crippen LogP contribution in [0.15, 0.2) is 29.3 Å². The molecule has 82 valence electrons. The molecular formula is C14H15NO. The summed E-state index contributed by atoms with van der Waals surface area (Å²) in [5.41, 5.74) is 3.65. The number of aldehydes is 1. The molecule has 0 atom stereocenters. The Morgan fingerprint density at radius 2 is 2.19 bits per heavy atom. The number of hydrogen-bond donors (Lipinski definition) is 0. The molecule has 0 spiro atoms. The number of carbonyl (C=O) groups excluding carboxylic acids is 1. The first-order valence-corrected chi connectivity index (χ1v) is 5.61. The zero-order valence-corrected chi connectivity index (χ0v) is 9.44. The second kappa shape index (κ2) is 4.88. The first-order chi connectivity index (χ1) is 7.83. The van der Waals surface area contributed by atoms with Crippen molar-refractivity contribution in [2.24, 2.45) is 4.99 Å². The van der Waals surface area contributed by atoms with Gasteiger partial charge >= 0.3 is 0 Å². The van der Waals surface area contributed by atoms with Crippen molar-refractivity contribution < 1.29 is 4.79 Å². The summed E-state index contributed by atoms with van der Waals surface area (Å²) in [6.45, 7) is 1.95. The lowest BCUT2D eigenvalue weighted by Crippen LogP contribution is -1.94. The van der Waals surface area contributed by atoms with E-state index in [-0.39, 0.29) is 0 Å². The number of hydrogen-bond acceptors (Lipinski definition) is 2. The van der Waals surface area contributed by atoms with Crippen LogP contribution in [-0.2, 0) is 0 Å². The monoisotopic (exact) mass is 213 g/mol. The third-order valence-corrected chi connectivity index (χ3v) is 2.82. The van der Waals surface area contributed by atoms with E-state index in [1.165, 1.54) is 0 Å². The fourth-order valence-electron chi connectivity index (χ4n) is 1.90. The summed E-state index contributed by atoms with van der Waals surface area (Å²) in [5, 5.41) is 0. The summed E-state index contributed by atoms with van der Waals surface area (Å²) in [4.78, 5) is 15.5. The molecule has 2 rings (SSSR count). The van der Waals surface area contributed by atoms with Gasteiger partial charge in [0.15, 0.2) is 6.29 Å². The quantitative estimate of drug-likeness (QED) is 0.692. The molecule has 0 saturated heterocycles. The largest absolute Gasteiger partial charge is 0.298 e. The van der Waals surface area contributed by atoms with Gasteiger partial charge in [-0.3, -0.25) is 9.79 Å². The SMILES string of the molecule is Cc1cccc(C2=CCCCC=N2)c1C=O. The molecule has 1 aliphatic rings. The number of benzene rings is 1. The third-order valence-electron chi connectivity index (χ3n) is 2.82. The number of carbonyl (C=O) groups is 1. The number of aliphatic imine (C=N–C) groups is 1. The van der Waals surface area contributed by atoms with E-state index in [0.29, 0.717) is 0 Å². The molecule has 2 nitrogen and oxygen atoms in total. The van der Waals surface area contributed by atoms with Crippen LogP contribution in [0.4, 0.5) is 0 Å². The maximum absolute atomic E-state index is 11.1. The molecule has 0 aliphatic carbocycles. The van der Waals surface area contributed by atoms with Crippen LogP contribution in [0.25, 0.3) is 5.70 Å². The van der Waals surface area contributed by atoms with Gasteiger partial charge in [-0.15, -0.1) is 0 Å². The summed E-state index contributed by atoms with van der Waals surface area (Å²) >= 11 is 0. The van der Waals surface area contributed by atoms with Gasteiger partial charge in [-0.2, -0.15) is 0 Å². The van der Waals surface area contributed by atoms with Crippen LogP contribution in [0, 0.1) is 6.92 Å². The van der Waals surface area contributed by atoms with Crippen LogP contribution in [0.2, 0.25) is 0 Å². The molecule has 1 heterocycles. The average molecular weight is 213 g/mol. The summed E-state index contributed by atoms with van der Waals surface area (Å²) < 4.78 is 0. The second-order valence-electron chi connectivity index (χ2n) is 3.99. The van der Waals surface area contributed by atoms with Gasteiger partial charge in [0.2, 0.25) is 0 Å². The highest BCUT2D eigenvalue weighted by Crippen LogP contribution is 2.24. The average Bonchev–Trinajstić information content (AvgIpc) is 2.57. The zero-order chi connectivity index (χ0) is 11.4. The first-order valence-electron chi connectivity index (χ1n) is 5.61. The van der Waals surface area contributed by atoms with E-state index in [0.717, 1.165) is 47.9 Å². The minimum atomic E-state index is 0.757. The van der Waals surface area contributed by atoms with Gasteiger partial charge in [0.25, 0.3) is 0 Å². The molecule has 1 aromatic rings. The molecule has 16 heavy (non-hydrogen) atoms. The van der Waals surface area contributed by atoms with Crippen molar-refractivity contribution in [3.8, 4) is 0 Å². The van der Waals surface area contributed by atoms with Crippen LogP contribution in [0.3, 0.4) is 0 Å². The highest BCUT2D eigenvalue weighted by atomic mass is 16.1. The fourth-order valence-corrected chi connectivity index (χ4v) is 1.90. The molecule has 2 heteroatoms. The highest BCUT2D eigenvalue weighted by molar-refractivity contribution is 5.88. The highest BCUT2D eigenvalue weighted by Gasteiger charge is 2.09. The van der Waals surface area contributed by atoms with Gasteiger partial charge in [-0.1, -0.05) is 24.3 Å². The van der Waals surface area contributed by atoms with Crippen LogP contribution in [0.5, 0.6) is 0 Å². The molecule has 0 N–H and O–H groups in total. The molecule has 1 aliphatic heterocycles. The Bertz CT molecular complexity index is 458. The van der Waals surface area contributed by atoms with Crippen molar-refractivity contribution in [3.05, 3.63) is 41.0 Å².